The van der Waals surface area contributed by atoms with Crippen LogP contribution < -0.4 is 4.74 Å². The van der Waals surface area contributed by atoms with E-state index in [1.807, 2.05) is 23.1 Å². The summed E-state index contributed by atoms with van der Waals surface area (Å²) in [5, 5.41) is 2.21. The highest BCUT2D eigenvalue weighted by molar-refractivity contribution is 9.10. The Kier molecular flexibility index (Phi) is 4.90. The SMILES string of the molecule is COc1ccc2cc(Br)ccc2c1CC(=O)N1CCCCC1C. The fraction of sp³-hybridized carbons (Fsp3) is 0.421. The molecule has 0 saturated carbocycles. The molecule has 1 atom stereocenters. The second-order valence-corrected chi connectivity index (χ2v) is 7.14. The van der Waals surface area contributed by atoms with E-state index in [1.165, 1.54) is 6.42 Å². The molecule has 122 valence electrons. The second kappa shape index (κ2) is 6.91. The summed E-state index contributed by atoms with van der Waals surface area (Å²) >= 11 is 3.51. The fourth-order valence-electron chi connectivity index (χ4n) is 3.44. The largest absolute Gasteiger partial charge is 0.496 e. The van der Waals surface area contributed by atoms with Crippen LogP contribution >= 0.6 is 15.9 Å². The van der Waals surface area contributed by atoms with Gasteiger partial charge in [0.15, 0.2) is 0 Å². The number of rotatable bonds is 3. The molecule has 0 aromatic heterocycles. The van der Waals surface area contributed by atoms with Crippen LogP contribution in [0.1, 0.15) is 31.7 Å². The molecule has 0 spiro atoms. The molecule has 0 N–H and O–H groups in total. The van der Waals surface area contributed by atoms with Crippen LogP contribution in [-0.2, 0) is 11.2 Å². The number of fused-ring (bicyclic) bond motifs is 1. The molecular formula is C19H22BrNO2. The number of methoxy groups -OCH3 is 1. The van der Waals surface area contributed by atoms with Crippen molar-refractivity contribution in [2.75, 3.05) is 13.7 Å². The van der Waals surface area contributed by atoms with E-state index >= 15 is 0 Å². The van der Waals surface area contributed by atoms with Crippen molar-refractivity contribution in [3.63, 3.8) is 0 Å². The summed E-state index contributed by atoms with van der Waals surface area (Å²) in [7, 11) is 1.66. The average Bonchev–Trinajstić information content (AvgIpc) is 2.55. The molecule has 0 aliphatic carbocycles. The maximum atomic E-state index is 12.8. The minimum absolute atomic E-state index is 0.200. The molecule has 4 heteroatoms. The Morgan fingerprint density at radius 2 is 2.13 bits per heavy atom. The molecule has 1 fully saturated rings. The number of carbonyl (C=O) groups is 1. The molecule has 1 aliphatic rings. The quantitative estimate of drug-likeness (QED) is 0.786. The molecule has 1 unspecified atom stereocenters. The van der Waals surface area contributed by atoms with Crippen LogP contribution in [0, 0.1) is 0 Å². The Labute approximate surface area is 145 Å². The van der Waals surface area contributed by atoms with E-state index in [4.69, 9.17) is 4.74 Å². The highest BCUT2D eigenvalue weighted by Gasteiger charge is 2.24. The van der Waals surface area contributed by atoms with Crippen LogP contribution in [0.25, 0.3) is 10.8 Å². The Hall–Kier alpha value is -1.55. The standard InChI is InChI=1S/C19H22BrNO2/c1-13-5-3-4-10-21(13)19(22)12-17-16-8-7-15(20)11-14(16)6-9-18(17)23-2/h6-9,11,13H,3-5,10,12H2,1-2H3. The van der Waals surface area contributed by atoms with Crippen LogP contribution in [0.5, 0.6) is 5.75 Å². The molecule has 0 bridgehead atoms. The minimum Gasteiger partial charge on any atom is -0.496 e. The molecule has 3 nitrogen and oxygen atoms in total. The smallest absolute Gasteiger partial charge is 0.227 e. The van der Waals surface area contributed by atoms with Gasteiger partial charge >= 0.3 is 0 Å². The molecule has 1 aliphatic heterocycles. The highest BCUT2D eigenvalue weighted by atomic mass is 79.9. The maximum absolute atomic E-state index is 12.8. The van der Waals surface area contributed by atoms with Gasteiger partial charge in [0.2, 0.25) is 5.91 Å². The normalized spacial score (nSPS) is 18.2. The third-order valence-corrected chi connectivity index (χ3v) is 5.21. The molecule has 1 amide bonds. The van der Waals surface area contributed by atoms with Gasteiger partial charge in [0.1, 0.15) is 5.75 Å². The van der Waals surface area contributed by atoms with Gasteiger partial charge < -0.3 is 9.64 Å². The van der Waals surface area contributed by atoms with Crippen molar-refractivity contribution in [1.82, 2.24) is 4.90 Å². The lowest BCUT2D eigenvalue weighted by molar-refractivity contribution is -0.133. The Bertz CT molecular complexity index is 729. The predicted octanol–water partition coefficient (Wildman–Crippen LogP) is 4.55. The van der Waals surface area contributed by atoms with Crippen LogP contribution in [0.2, 0.25) is 0 Å². The van der Waals surface area contributed by atoms with Crippen LogP contribution in [0.15, 0.2) is 34.8 Å². The topological polar surface area (TPSA) is 29.5 Å². The van der Waals surface area contributed by atoms with Crippen molar-refractivity contribution < 1.29 is 9.53 Å². The summed E-state index contributed by atoms with van der Waals surface area (Å²) in [6.07, 6.45) is 3.82. The number of amides is 1. The zero-order valence-corrected chi connectivity index (χ0v) is 15.2. The molecule has 0 radical (unpaired) electrons. The zero-order chi connectivity index (χ0) is 16.4. The van der Waals surface area contributed by atoms with Crippen LogP contribution in [0.4, 0.5) is 0 Å². The molecule has 2 aromatic carbocycles. The van der Waals surface area contributed by atoms with Crippen LogP contribution in [-0.4, -0.2) is 30.5 Å². The molecule has 1 saturated heterocycles. The number of benzene rings is 2. The maximum Gasteiger partial charge on any atom is 0.227 e. The number of ether oxygens (including phenoxy) is 1. The van der Waals surface area contributed by atoms with Gasteiger partial charge in [-0.2, -0.15) is 0 Å². The Balaban J connectivity index is 1.96. The van der Waals surface area contributed by atoms with E-state index < -0.39 is 0 Å². The molecule has 1 heterocycles. The van der Waals surface area contributed by atoms with Gasteiger partial charge in [-0.15, -0.1) is 0 Å². The highest BCUT2D eigenvalue weighted by Crippen LogP contribution is 2.31. The van der Waals surface area contributed by atoms with Crippen LogP contribution in [0.3, 0.4) is 0 Å². The van der Waals surface area contributed by atoms with Gasteiger partial charge in [-0.05, 0) is 55.2 Å². The van der Waals surface area contributed by atoms with Gasteiger partial charge in [0, 0.05) is 22.6 Å². The summed E-state index contributed by atoms with van der Waals surface area (Å²) in [6.45, 7) is 3.02. The Morgan fingerprint density at radius 1 is 1.30 bits per heavy atom. The lowest BCUT2D eigenvalue weighted by Crippen LogP contribution is -2.42. The number of carbonyl (C=O) groups excluding carboxylic acids is 1. The van der Waals surface area contributed by atoms with Gasteiger partial charge in [-0.1, -0.05) is 28.1 Å². The first-order chi connectivity index (χ1) is 11.1. The van der Waals surface area contributed by atoms with Gasteiger partial charge in [-0.25, -0.2) is 0 Å². The third-order valence-electron chi connectivity index (χ3n) is 4.72. The number of piperidine rings is 1. The number of likely N-dealkylation sites (tertiary alicyclic amines) is 1. The van der Waals surface area contributed by atoms with E-state index in [0.29, 0.717) is 12.5 Å². The monoisotopic (exact) mass is 375 g/mol. The van der Waals surface area contributed by atoms with Crippen molar-refractivity contribution in [2.24, 2.45) is 0 Å². The minimum atomic E-state index is 0.200. The van der Waals surface area contributed by atoms with Gasteiger partial charge in [-0.3, -0.25) is 4.79 Å². The van der Waals surface area contributed by atoms with Crippen molar-refractivity contribution in [1.29, 1.82) is 0 Å². The lowest BCUT2D eigenvalue weighted by atomic mass is 9.98. The van der Waals surface area contributed by atoms with Crippen molar-refractivity contribution in [3.8, 4) is 5.75 Å². The number of nitrogens with zero attached hydrogens (tertiary/aromatic N) is 1. The first kappa shape index (κ1) is 16.3. The molecule has 2 aromatic rings. The Morgan fingerprint density at radius 3 is 2.87 bits per heavy atom. The van der Waals surface area contributed by atoms with Gasteiger partial charge in [0.25, 0.3) is 0 Å². The van der Waals surface area contributed by atoms with E-state index in [2.05, 4.69) is 35.0 Å². The van der Waals surface area contributed by atoms with Crippen molar-refractivity contribution in [3.05, 3.63) is 40.4 Å². The third kappa shape index (κ3) is 3.37. The summed E-state index contributed by atoms with van der Waals surface area (Å²) in [5.41, 5.74) is 0.986. The number of hydrogen-bond acceptors (Lipinski definition) is 2. The number of hydrogen-bond donors (Lipinski definition) is 0. The molecular weight excluding hydrogens is 354 g/mol. The predicted molar refractivity (Wildman–Crippen MR) is 96.9 cm³/mol. The second-order valence-electron chi connectivity index (χ2n) is 6.22. The van der Waals surface area contributed by atoms with E-state index in [1.54, 1.807) is 7.11 Å². The summed E-state index contributed by atoms with van der Waals surface area (Å²) < 4.78 is 6.56. The van der Waals surface area contributed by atoms with E-state index in [-0.39, 0.29) is 5.91 Å². The lowest BCUT2D eigenvalue weighted by Gasteiger charge is -2.33. The van der Waals surface area contributed by atoms with Crippen molar-refractivity contribution >= 4 is 32.6 Å². The fourth-order valence-corrected chi connectivity index (χ4v) is 3.82. The van der Waals surface area contributed by atoms with E-state index in [9.17, 15) is 4.79 Å². The number of halogens is 1. The average molecular weight is 376 g/mol. The molecule has 3 rings (SSSR count). The zero-order valence-electron chi connectivity index (χ0n) is 13.6. The van der Waals surface area contributed by atoms with E-state index in [0.717, 1.165) is 45.9 Å². The molecule has 23 heavy (non-hydrogen) atoms. The first-order valence-corrected chi connectivity index (χ1v) is 8.94. The van der Waals surface area contributed by atoms with Crippen molar-refractivity contribution in [2.45, 2.75) is 38.6 Å². The first-order valence-electron chi connectivity index (χ1n) is 8.14. The van der Waals surface area contributed by atoms with Gasteiger partial charge in [0.05, 0.1) is 13.5 Å². The summed E-state index contributed by atoms with van der Waals surface area (Å²) in [5.74, 6) is 0.990. The summed E-state index contributed by atoms with van der Waals surface area (Å²) in [6, 6.07) is 10.5. The summed E-state index contributed by atoms with van der Waals surface area (Å²) in [4.78, 5) is 14.8.